The molecule has 178 valence electrons. The van der Waals surface area contributed by atoms with Gasteiger partial charge in [0.05, 0.1) is 22.6 Å². The van der Waals surface area contributed by atoms with Crippen LogP contribution < -0.4 is 16.4 Å². The highest BCUT2D eigenvalue weighted by Crippen LogP contribution is 2.32. The van der Waals surface area contributed by atoms with Gasteiger partial charge >= 0.3 is 6.18 Å². The second-order valence-corrected chi connectivity index (χ2v) is 7.60. The molecule has 0 bridgehead atoms. The van der Waals surface area contributed by atoms with Gasteiger partial charge < -0.3 is 25.9 Å². The van der Waals surface area contributed by atoms with E-state index in [2.05, 4.69) is 35.7 Å². The second-order valence-electron chi connectivity index (χ2n) is 7.23. The third-order valence-corrected chi connectivity index (χ3v) is 5.15. The standard InChI is InChI=1S/C20H18ClF3N8O2/c1-9(29-19(33)16-15(21)18(26-5-4-25)28-8-27-16)14-7-13(32-34-14)17-30-11-3-2-10(20(22,23)24)6-12(11)31-17/h2-3,6-9H,4-5,25H2,1H3,(H,29,33)(H,30,31)(H,26,27,28). The van der Waals surface area contributed by atoms with Crippen molar-refractivity contribution >= 4 is 34.4 Å². The lowest BCUT2D eigenvalue weighted by Gasteiger charge is -2.12. The first-order valence-electron chi connectivity index (χ1n) is 9.96. The van der Waals surface area contributed by atoms with Crippen LogP contribution in [-0.2, 0) is 6.18 Å². The highest BCUT2D eigenvalue weighted by atomic mass is 35.5. The van der Waals surface area contributed by atoms with Crippen molar-refractivity contribution in [3.63, 3.8) is 0 Å². The van der Waals surface area contributed by atoms with Crippen molar-refractivity contribution in [1.82, 2.24) is 30.4 Å². The Balaban J connectivity index is 1.51. The monoisotopic (exact) mass is 494 g/mol. The Labute approximate surface area is 195 Å². The number of fused-ring (bicyclic) bond motifs is 1. The molecule has 1 unspecified atom stereocenters. The zero-order valence-corrected chi connectivity index (χ0v) is 18.3. The van der Waals surface area contributed by atoms with Crippen LogP contribution in [0.1, 0.15) is 34.8 Å². The summed E-state index contributed by atoms with van der Waals surface area (Å²) in [5.41, 5.74) is 5.41. The third-order valence-electron chi connectivity index (χ3n) is 4.80. The lowest BCUT2D eigenvalue weighted by molar-refractivity contribution is -0.137. The van der Waals surface area contributed by atoms with Gasteiger partial charge in [-0.25, -0.2) is 15.0 Å². The van der Waals surface area contributed by atoms with E-state index in [1.54, 1.807) is 6.92 Å². The number of imidazole rings is 1. The van der Waals surface area contributed by atoms with Crippen LogP contribution in [0.5, 0.6) is 0 Å². The number of carbonyl (C=O) groups excluding carboxylic acids is 1. The Hall–Kier alpha value is -3.71. The number of hydrogen-bond acceptors (Lipinski definition) is 8. The van der Waals surface area contributed by atoms with E-state index >= 15 is 0 Å². The van der Waals surface area contributed by atoms with E-state index in [0.29, 0.717) is 18.6 Å². The number of anilines is 1. The van der Waals surface area contributed by atoms with Gasteiger partial charge in [-0.15, -0.1) is 0 Å². The normalized spacial score (nSPS) is 12.6. The molecule has 34 heavy (non-hydrogen) atoms. The van der Waals surface area contributed by atoms with Gasteiger partial charge in [0.2, 0.25) is 0 Å². The predicted molar refractivity (Wildman–Crippen MR) is 117 cm³/mol. The molecule has 0 fully saturated rings. The number of aromatic nitrogens is 5. The lowest BCUT2D eigenvalue weighted by Crippen LogP contribution is -2.28. The zero-order valence-electron chi connectivity index (χ0n) is 17.6. The molecule has 10 nitrogen and oxygen atoms in total. The van der Waals surface area contributed by atoms with Gasteiger partial charge in [0.25, 0.3) is 5.91 Å². The molecule has 0 radical (unpaired) electrons. The number of halogens is 4. The molecule has 0 aliphatic carbocycles. The summed E-state index contributed by atoms with van der Waals surface area (Å²) < 4.78 is 44.1. The fraction of sp³-hybridized carbons (Fsp3) is 0.250. The summed E-state index contributed by atoms with van der Waals surface area (Å²) in [6, 6.07) is 4.07. The summed E-state index contributed by atoms with van der Waals surface area (Å²) in [5.74, 6) is 0.210. The van der Waals surface area contributed by atoms with Crippen molar-refractivity contribution in [2.75, 3.05) is 18.4 Å². The van der Waals surface area contributed by atoms with Gasteiger partial charge in [-0.2, -0.15) is 13.2 Å². The number of nitrogens with one attached hydrogen (secondary N) is 3. The summed E-state index contributed by atoms with van der Waals surface area (Å²) in [4.78, 5) is 27.6. The van der Waals surface area contributed by atoms with Crippen molar-refractivity contribution < 1.29 is 22.5 Å². The molecule has 3 heterocycles. The maximum atomic E-state index is 12.9. The fourth-order valence-corrected chi connectivity index (χ4v) is 3.34. The summed E-state index contributed by atoms with van der Waals surface area (Å²) in [6.07, 6.45) is -3.27. The number of amides is 1. The van der Waals surface area contributed by atoms with Crippen molar-refractivity contribution in [1.29, 1.82) is 0 Å². The predicted octanol–water partition coefficient (Wildman–Crippen LogP) is 3.54. The maximum Gasteiger partial charge on any atom is 0.416 e. The first-order chi connectivity index (χ1) is 16.2. The van der Waals surface area contributed by atoms with Crippen LogP contribution in [0, 0.1) is 0 Å². The van der Waals surface area contributed by atoms with E-state index in [4.69, 9.17) is 21.9 Å². The van der Waals surface area contributed by atoms with Crippen LogP contribution in [-0.4, -0.2) is 44.1 Å². The molecule has 0 aliphatic rings. The Morgan fingerprint density at radius 2 is 2.09 bits per heavy atom. The topological polar surface area (TPSA) is 148 Å². The molecule has 0 aliphatic heterocycles. The van der Waals surface area contributed by atoms with E-state index in [-0.39, 0.29) is 39.3 Å². The number of benzene rings is 1. The van der Waals surface area contributed by atoms with Crippen LogP contribution in [0.4, 0.5) is 19.0 Å². The van der Waals surface area contributed by atoms with E-state index in [1.165, 1.54) is 18.5 Å². The zero-order chi connectivity index (χ0) is 24.5. The number of rotatable bonds is 7. The number of nitrogens with two attached hydrogens (primary N) is 1. The van der Waals surface area contributed by atoms with Crippen LogP contribution in [0.3, 0.4) is 0 Å². The number of H-pyrrole nitrogens is 1. The summed E-state index contributed by atoms with van der Waals surface area (Å²) in [7, 11) is 0. The van der Waals surface area contributed by atoms with Gasteiger partial charge in [-0.05, 0) is 25.1 Å². The molecule has 0 spiro atoms. The Morgan fingerprint density at radius 3 is 2.82 bits per heavy atom. The van der Waals surface area contributed by atoms with Crippen molar-refractivity contribution in [3.05, 3.63) is 52.6 Å². The number of aromatic amines is 1. The van der Waals surface area contributed by atoms with Gasteiger partial charge in [0.15, 0.2) is 17.3 Å². The average molecular weight is 495 g/mol. The van der Waals surface area contributed by atoms with Gasteiger partial charge in [0.1, 0.15) is 22.9 Å². The van der Waals surface area contributed by atoms with Gasteiger partial charge in [-0.1, -0.05) is 16.8 Å². The summed E-state index contributed by atoms with van der Waals surface area (Å²) >= 11 is 6.22. The van der Waals surface area contributed by atoms with E-state index < -0.39 is 23.7 Å². The Kier molecular flexibility index (Phi) is 6.39. The molecule has 0 saturated carbocycles. The number of alkyl halides is 3. The van der Waals surface area contributed by atoms with Gasteiger partial charge in [0, 0.05) is 19.2 Å². The molecule has 3 aromatic heterocycles. The van der Waals surface area contributed by atoms with Crippen LogP contribution in [0.25, 0.3) is 22.6 Å². The highest BCUT2D eigenvalue weighted by molar-refractivity contribution is 6.35. The summed E-state index contributed by atoms with van der Waals surface area (Å²) in [6.45, 7) is 2.41. The van der Waals surface area contributed by atoms with Crippen molar-refractivity contribution in [3.8, 4) is 11.5 Å². The first kappa shape index (κ1) is 23.4. The molecule has 1 atom stereocenters. The SMILES string of the molecule is CC(NC(=O)c1ncnc(NCCN)c1Cl)c1cc(-c2nc3ccc(C(F)(F)F)cc3[nH]2)no1. The van der Waals surface area contributed by atoms with Gasteiger partial charge in [-0.3, -0.25) is 4.79 Å². The second kappa shape index (κ2) is 9.27. The number of nitrogens with zero attached hydrogens (tertiary/aromatic N) is 4. The Morgan fingerprint density at radius 1 is 1.29 bits per heavy atom. The lowest BCUT2D eigenvalue weighted by atomic mass is 10.2. The fourth-order valence-electron chi connectivity index (χ4n) is 3.09. The largest absolute Gasteiger partial charge is 0.416 e. The Bertz CT molecular complexity index is 1340. The molecule has 1 amide bonds. The van der Waals surface area contributed by atoms with E-state index in [0.717, 1.165) is 12.1 Å². The number of hydrogen-bond donors (Lipinski definition) is 4. The minimum Gasteiger partial charge on any atom is -0.367 e. The minimum absolute atomic E-state index is 0.0411. The van der Waals surface area contributed by atoms with Crippen molar-refractivity contribution in [2.45, 2.75) is 19.1 Å². The molecule has 5 N–H and O–H groups in total. The number of carbonyl (C=O) groups is 1. The molecule has 1 aromatic carbocycles. The quantitative estimate of drug-likeness (QED) is 0.305. The van der Waals surface area contributed by atoms with Crippen LogP contribution in [0.15, 0.2) is 35.1 Å². The van der Waals surface area contributed by atoms with E-state index in [1.807, 2.05) is 0 Å². The molecule has 0 saturated heterocycles. The average Bonchev–Trinajstić information content (AvgIpc) is 3.44. The van der Waals surface area contributed by atoms with Crippen molar-refractivity contribution in [2.24, 2.45) is 5.73 Å². The smallest absolute Gasteiger partial charge is 0.367 e. The molecular weight excluding hydrogens is 477 g/mol. The summed E-state index contributed by atoms with van der Waals surface area (Å²) in [5, 5.41) is 9.54. The highest BCUT2D eigenvalue weighted by Gasteiger charge is 2.31. The minimum atomic E-state index is -4.47. The van der Waals surface area contributed by atoms with Crippen LogP contribution >= 0.6 is 11.6 Å². The molecule has 4 aromatic rings. The maximum absolute atomic E-state index is 12.9. The molecule has 14 heteroatoms. The van der Waals surface area contributed by atoms with Crippen LogP contribution in [0.2, 0.25) is 5.02 Å². The molecular formula is C20H18ClF3N8O2. The third kappa shape index (κ3) is 4.79. The first-order valence-corrected chi connectivity index (χ1v) is 10.3. The molecule has 4 rings (SSSR count). The van der Waals surface area contributed by atoms with E-state index in [9.17, 15) is 18.0 Å².